The van der Waals surface area contributed by atoms with Gasteiger partial charge in [-0.1, -0.05) is 41.9 Å². The van der Waals surface area contributed by atoms with E-state index in [-0.39, 0.29) is 17.0 Å². The number of nitrogen functional groups attached to an aromatic ring is 1. The first-order chi connectivity index (χ1) is 10.6. The van der Waals surface area contributed by atoms with Crippen molar-refractivity contribution in [3.05, 3.63) is 65.2 Å². The van der Waals surface area contributed by atoms with Crippen LogP contribution in [0.1, 0.15) is 10.4 Å². The molecule has 22 heavy (non-hydrogen) atoms. The Morgan fingerprint density at radius 2 is 1.86 bits per heavy atom. The van der Waals surface area contributed by atoms with Crippen molar-refractivity contribution < 1.29 is 9.90 Å². The maximum Gasteiger partial charge on any atom is 0.259 e. The van der Waals surface area contributed by atoms with E-state index in [9.17, 15) is 9.90 Å². The van der Waals surface area contributed by atoms with Gasteiger partial charge in [-0.15, -0.1) is 0 Å². The van der Waals surface area contributed by atoms with Gasteiger partial charge in [-0.05, 0) is 29.7 Å². The number of nitrogens with two attached hydrogens (primary N) is 1. The Kier molecular flexibility index (Phi) is 3.61. The van der Waals surface area contributed by atoms with E-state index in [4.69, 9.17) is 17.3 Å². The normalized spacial score (nSPS) is 10.6. The molecule has 0 aliphatic heterocycles. The molecule has 0 aliphatic carbocycles. The predicted molar refractivity (Wildman–Crippen MR) is 89.4 cm³/mol. The number of fused-ring (bicyclic) bond motifs is 1. The van der Waals surface area contributed by atoms with Crippen molar-refractivity contribution in [2.45, 2.75) is 0 Å². The minimum absolute atomic E-state index is 0.121. The van der Waals surface area contributed by atoms with Gasteiger partial charge in [0.05, 0.1) is 11.3 Å². The maximum absolute atomic E-state index is 12.4. The first kappa shape index (κ1) is 14.2. The van der Waals surface area contributed by atoms with E-state index in [0.29, 0.717) is 16.1 Å². The quantitative estimate of drug-likeness (QED) is 0.494. The van der Waals surface area contributed by atoms with Crippen LogP contribution in [-0.2, 0) is 0 Å². The number of rotatable bonds is 2. The van der Waals surface area contributed by atoms with Crippen molar-refractivity contribution in [3.63, 3.8) is 0 Å². The van der Waals surface area contributed by atoms with Crippen LogP contribution in [0.15, 0.2) is 54.6 Å². The molecule has 110 valence electrons. The molecule has 0 saturated carbocycles. The smallest absolute Gasteiger partial charge is 0.259 e. The summed E-state index contributed by atoms with van der Waals surface area (Å²) in [6.45, 7) is 0. The zero-order valence-electron chi connectivity index (χ0n) is 11.5. The second kappa shape index (κ2) is 5.58. The third-order valence-corrected chi connectivity index (χ3v) is 3.62. The highest BCUT2D eigenvalue weighted by atomic mass is 35.5. The number of hydrogen-bond donors (Lipinski definition) is 3. The molecule has 1 amide bonds. The van der Waals surface area contributed by atoms with Crippen LogP contribution in [0.4, 0.5) is 11.4 Å². The van der Waals surface area contributed by atoms with Crippen LogP contribution in [0, 0.1) is 0 Å². The van der Waals surface area contributed by atoms with Crippen molar-refractivity contribution in [1.82, 2.24) is 0 Å². The topological polar surface area (TPSA) is 75.3 Å². The van der Waals surface area contributed by atoms with Gasteiger partial charge in [-0.3, -0.25) is 4.79 Å². The molecular formula is C17H13ClN2O2. The van der Waals surface area contributed by atoms with Crippen LogP contribution in [0.5, 0.6) is 5.75 Å². The average Bonchev–Trinajstić information content (AvgIpc) is 2.51. The monoisotopic (exact) mass is 312 g/mol. The van der Waals surface area contributed by atoms with Crippen molar-refractivity contribution in [1.29, 1.82) is 0 Å². The summed E-state index contributed by atoms with van der Waals surface area (Å²) in [4.78, 5) is 12.4. The fraction of sp³-hybridized carbons (Fsp3) is 0. The summed E-state index contributed by atoms with van der Waals surface area (Å²) in [5.74, 6) is -0.671. The van der Waals surface area contributed by atoms with Crippen LogP contribution in [0.25, 0.3) is 10.8 Å². The Morgan fingerprint density at radius 3 is 2.64 bits per heavy atom. The molecule has 0 atom stereocenters. The first-order valence-electron chi connectivity index (χ1n) is 6.63. The van der Waals surface area contributed by atoms with Gasteiger partial charge >= 0.3 is 0 Å². The van der Waals surface area contributed by atoms with Gasteiger partial charge in [-0.25, -0.2) is 0 Å². The second-order valence-corrected chi connectivity index (χ2v) is 5.31. The number of nitrogens with one attached hydrogen (secondary N) is 1. The van der Waals surface area contributed by atoms with E-state index in [0.717, 1.165) is 5.39 Å². The molecule has 3 aromatic rings. The number of hydrogen-bond acceptors (Lipinski definition) is 3. The van der Waals surface area contributed by atoms with Crippen molar-refractivity contribution in [2.75, 3.05) is 11.1 Å². The van der Waals surface area contributed by atoms with E-state index in [1.165, 1.54) is 0 Å². The van der Waals surface area contributed by atoms with Gasteiger partial charge in [-0.2, -0.15) is 0 Å². The summed E-state index contributed by atoms with van der Waals surface area (Å²) in [5, 5.41) is 14.9. The number of phenols is 1. The Labute approximate surface area is 132 Å². The Morgan fingerprint density at radius 1 is 1.09 bits per heavy atom. The summed E-state index contributed by atoms with van der Waals surface area (Å²) in [6, 6.07) is 15.7. The number of anilines is 2. The van der Waals surface area contributed by atoms with Gasteiger partial charge in [0, 0.05) is 16.1 Å². The zero-order chi connectivity index (χ0) is 15.7. The van der Waals surface area contributed by atoms with E-state index >= 15 is 0 Å². The lowest BCUT2D eigenvalue weighted by Crippen LogP contribution is -2.12. The molecule has 4 N–H and O–H groups in total. The molecule has 4 nitrogen and oxygen atoms in total. The van der Waals surface area contributed by atoms with Gasteiger partial charge in [0.1, 0.15) is 0 Å². The highest BCUT2D eigenvalue weighted by Gasteiger charge is 2.16. The van der Waals surface area contributed by atoms with E-state index in [2.05, 4.69) is 5.32 Å². The fourth-order valence-electron chi connectivity index (χ4n) is 2.30. The standard InChI is InChI=1S/C17H13ClN2O2/c18-11-5-3-6-12(9-11)20-17(22)14-8-10-4-1-2-7-13(10)15(19)16(14)21/h1-9,21H,19H2,(H,20,22). The molecule has 3 aromatic carbocycles. The van der Waals surface area contributed by atoms with Crippen molar-refractivity contribution in [2.24, 2.45) is 0 Å². The Bertz CT molecular complexity index is 878. The molecule has 0 aromatic heterocycles. The third-order valence-electron chi connectivity index (χ3n) is 3.39. The molecule has 0 spiro atoms. The van der Waals surface area contributed by atoms with Gasteiger partial charge in [0.15, 0.2) is 5.75 Å². The van der Waals surface area contributed by atoms with Gasteiger partial charge in [0.2, 0.25) is 0 Å². The molecule has 0 unspecified atom stereocenters. The van der Waals surface area contributed by atoms with Crippen LogP contribution >= 0.6 is 11.6 Å². The van der Waals surface area contributed by atoms with E-state index < -0.39 is 5.91 Å². The minimum atomic E-state index is -0.447. The lowest BCUT2D eigenvalue weighted by Gasteiger charge is -2.11. The highest BCUT2D eigenvalue weighted by Crippen LogP contribution is 2.34. The molecule has 0 bridgehead atoms. The SMILES string of the molecule is Nc1c(O)c(C(=O)Nc2cccc(Cl)c2)cc2ccccc12. The number of carbonyl (C=O) groups excluding carboxylic acids is 1. The van der Waals surface area contributed by atoms with Gasteiger partial charge < -0.3 is 16.2 Å². The maximum atomic E-state index is 12.4. The zero-order valence-corrected chi connectivity index (χ0v) is 12.3. The second-order valence-electron chi connectivity index (χ2n) is 4.87. The lowest BCUT2D eigenvalue weighted by molar-refractivity contribution is 0.102. The average molecular weight is 313 g/mol. The molecule has 0 heterocycles. The molecule has 3 rings (SSSR count). The predicted octanol–water partition coefficient (Wildman–Crippen LogP) is 4.03. The number of amides is 1. The number of benzene rings is 3. The number of phenolic OH excluding ortho intramolecular Hbond substituents is 1. The Hall–Kier alpha value is -2.72. The number of aromatic hydroxyl groups is 1. The molecule has 0 radical (unpaired) electrons. The highest BCUT2D eigenvalue weighted by molar-refractivity contribution is 6.31. The molecular weight excluding hydrogens is 300 g/mol. The summed E-state index contributed by atoms with van der Waals surface area (Å²) in [6.07, 6.45) is 0. The number of halogens is 1. The molecule has 0 saturated heterocycles. The molecule has 0 fully saturated rings. The fourth-order valence-corrected chi connectivity index (χ4v) is 2.49. The lowest BCUT2D eigenvalue weighted by atomic mass is 10.0. The third kappa shape index (κ3) is 2.56. The Balaban J connectivity index is 2.02. The summed E-state index contributed by atoms with van der Waals surface area (Å²) in [5.41, 5.74) is 6.78. The number of carbonyl (C=O) groups is 1. The van der Waals surface area contributed by atoms with Crippen LogP contribution in [0.3, 0.4) is 0 Å². The summed E-state index contributed by atoms with van der Waals surface area (Å²) < 4.78 is 0. The summed E-state index contributed by atoms with van der Waals surface area (Å²) in [7, 11) is 0. The summed E-state index contributed by atoms with van der Waals surface area (Å²) >= 11 is 5.89. The van der Waals surface area contributed by atoms with Crippen LogP contribution < -0.4 is 11.1 Å². The van der Waals surface area contributed by atoms with Crippen molar-refractivity contribution in [3.8, 4) is 5.75 Å². The van der Waals surface area contributed by atoms with Crippen molar-refractivity contribution >= 4 is 39.7 Å². The largest absolute Gasteiger partial charge is 0.505 e. The van der Waals surface area contributed by atoms with Crippen LogP contribution in [0.2, 0.25) is 5.02 Å². The molecule has 5 heteroatoms. The first-order valence-corrected chi connectivity index (χ1v) is 7.01. The molecule has 0 aliphatic rings. The van der Waals surface area contributed by atoms with Crippen LogP contribution in [-0.4, -0.2) is 11.0 Å². The minimum Gasteiger partial charge on any atom is -0.505 e. The van der Waals surface area contributed by atoms with E-state index in [1.807, 2.05) is 18.2 Å². The van der Waals surface area contributed by atoms with E-state index in [1.54, 1.807) is 36.4 Å². The van der Waals surface area contributed by atoms with Gasteiger partial charge in [0.25, 0.3) is 5.91 Å².